The molecule has 0 spiro atoms. The van der Waals surface area contributed by atoms with Crippen LogP contribution < -0.4 is 5.73 Å². The van der Waals surface area contributed by atoms with Crippen molar-refractivity contribution in [2.24, 2.45) is 10.9 Å². The van der Waals surface area contributed by atoms with Crippen molar-refractivity contribution < 1.29 is 10.0 Å². The van der Waals surface area contributed by atoms with Crippen LogP contribution in [0.3, 0.4) is 0 Å². The predicted molar refractivity (Wildman–Crippen MR) is 79.1 cm³/mol. The number of hydrogen-bond donors (Lipinski definition) is 2. The molecule has 2 rings (SSSR count). The van der Waals surface area contributed by atoms with Crippen molar-refractivity contribution >= 4 is 22.8 Å². The fourth-order valence-corrected chi connectivity index (χ4v) is 1.98. The van der Waals surface area contributed by atoms with E-state index in [0.29, 0.717) is 17.5 Å². The number of nitrogens with two attached hydrogens (primary N) is 1. The van der Waals surface area contributed by atoms with E-state index in [2.05, 4.69) is 15.1 Å². The van der Waals surface area contributed by atoms with Crippen molar-refractivity contribution in [1.29, 1.82) is 0 Å². The molecule has 7 nitrogen and oxygen atoms in total. The van der Waals surface area contributed by atoms with Gasteiger partial charge < -0.3 is 15.8 Å². The van der Waals surface area contributed by atoms with Crippen molar-refractivity contribution in [3.63, 3.8) is 0 Å². The number of amidine groups is 1. The first-order valence-electron chi connectivity index (χ1n) is 6.47. The highest BCUT2D eigenvalue weighted by Gasteiger charge is 2.19. The lowest BCUT2D eigenvalue weighted by Gasteiger charge is -2.24. The number of amides is 1. The summed E-state index contributed by atoms with van der Waals surface area (Å²) in [5.41, 5.74) is 7.40. The second-order valence-electron chi connectivity index (χ2n) is 4.82. The molecule has 3 N–H and O–H groups in total. The molecule has 0 fully saturated rings. The fraction of sp³-hybridized carbons (Fsp3) is 0.286. The van der Waals surface area contributed by atoms with Crippen molar-refractivity contribution in [3.8, 4) is 0 Å². The van der Waals surface area contributed by atoms with Gasteiger partial charge in [0.2, 0.25) is 0 Å². The molecule has 0 bridgehead atoms. The number of aromatic nitrogens is 2. The average Bonchev–Trinajstić information content (AvgIpc) is 2.52. The van der Waals surface area contributed by atoms with Gasteiger partial charge in [0.25, 0.3) is 5.91 Å². The molecule has 0 aliphatic heterocycles. The molecule has 0 aliphatic rings. The monoisotopic (exact) mass is 287 g/mol. The van der Waals surface area contributed by atoms with Crippen LogP contribution in [0.25, 0.3) is 11.0 Å². The summed E-state index contributed by atoms with van der Waals surface area (Å²) in [4.78, 5) is 22.3. The number of oxime groups is 1. The summed E-state index contributed by atoms with van der Waals surface area (Å²) in [7, 11) is 1.68. The standard InChI is InChI=1S/C14H17N5O2/c1-9(7-13(15)18-21)19(2)14(20)10-3-4-11-12(8-10)17-6-5-16-11/h3-6,8-9,21H,7H2,1-2H3,(H2,15,18). The molecule has 1 aromatic carbocycles. The molecule has 2 aromatic rings. The maximum Gasteiger partial charge on any atom is 0.253 e. The number of carbonyl (C=O) groups is 1. The number of nitrogens with zero attached hydrogens (tertiary/aromatic N) is 4. The zero-order chi connectivity index (χ0) is 15.4. The largest absolute Gasteiger partial charge is 0.409 e. The number of hydrogen-bond acceptors (Lipinski definition) is 5. The third kappa shape index (κ3) is 3.25. The SMILES string of the molecule is CC(CC(N)=NO)N(C)C(=O)c1ccc2nccnc2c1. The van der Waals surface area contributed by atoms with Gasteiger partial charge in [-0.2, -0.15) is 0 Å². The average molecular weight is 287 g/mol. The normalized spacial score (nSPS) is 13.1. The van der Waals surface area contributed by atoms with Crippen molar-refractivity contribution in [3.05, 3.63) is 36.2 Å². The lowest BCUT2D eigenvalue weighted by Crippen LogP contribution is -2.37. The maximum atomic E-state index is 12.4. The molecule has 110 valence electrons. The molecule has 0 saturated heterocycles. The van der Waals surface area contributed by atoms with Crippen LogP contribution >= 0.6 is 0 Å². The van der Waals surface area contributed by atoms with E-state index >= 15 is 0 Å². The van der Waals surface area contributed by atoms with Crippen LogP contribution in [-0.4, -0.2) is 44.9 Å². The van der Waals surface area contributed by atoms with Crippen LogP contribution in [0.2, 0.25) is 0 Å². The molecule has 21 heavy (non-hydrogen) atoms. The van der Waals surface area contributed by atoms with Gasteiger partial charge in [-0.3, -0.25) is 14.8 Å². The summed E-state index contributed by atoms with van der Waals surface area (Å²) in [5, 5.41) is 11.5. The van der Waals surface area contributed by atoms with E-state index in [0.717, 1.165) is 5.52 Å². The van der Waals surface area contributed by atoms with Gasteiger partial charge >= 0.3 is 0 Å². The van der Waals surface area contributed by atoms with Crippen molar-refractivity contribution in [2.75, 3.05) is 7.05 Å². The molecule has 1 amide bonds. The molecule has 1 unspecified atom stereocenters. The molecule has 0 saturated carbocycles. The number of fused-ring (bicyclic) bond motifs is 1. The van der Waals surface area contributed by atoms with Crippen LogP contribution in [0, 0.1) is 0 Å². The molecule has 1 heterocycles. The molecule has 1 atom stereocenters. The fourth-order valence-electron chi connectivity index (χ4n) is 1.98. The van der Waals surface area contributed by atoms with E-state index in [4.69, 9.17) is 10.9 Å². The minimum Gasteiger partial charge on any atom is -0.409 e. The Labute approximate surface area is 122 Å². The minimum atomic E-state index is -0.189. The van der Waals surface area contributed by atoms with Crippen molar-refractivity contribution in [2.45, 2.75) is 19.4 Å². The van der Waals surface area contributed by atoms with E-state index in [1.54, 1.807) is 42.5 Å². The van der Waals surface area contributed by atoms with Crippen LogP contribution in [0.4, 0.5) is 0 Å². The van der Waals surface area contributed by atoms with Gasteiger partial charge in [-0.1, -0.05) is 5.16 Å². The Kier molecular flexibility index (Phi) is 4.32. The van der Waals surface area contributed by atoms with Crippen molar-refractivity contribution in [1.82, 2.24) is 14.9 Å². The molecular formula is C14H17N5O2. The summed E-state index contributed by atoms with van der Waals surface area (Å²) < 4.78 is 0. The Morgan fingerprint density at radius 3 is 2.71 bits per heavy atom. The lowest BCUT2D eigenvalue weighted by molar-refractivity contribution is 0.0747. The van der Waals surface area contributed by atoms with E-state index in [1.807, 2.05) is 6.92 Å². The number of rotatable bonds is 4. The van der Waals surface area contributed by atoms with Gasteiger partial charge in [-0.25, -0.2) is 0 Å². The third-order valence-electron chi connectivity index (χ3n) is 3.33. The predicted octanol–water partition coefficient (Wildman–Crippen LogP) is 1.23. The highest BCUT2D eigenvalue weighted by molar-refractivity contribution is 5.97. The minimum absolute atomic E-state index is 0.0894. The maximum absolute atomic E-state index is 12.4. The Bertz CT molecular complexity index is 686. The van der Waals surface area contributed by atoms with Gasteiger partial charge in [0.1, 0.15) is 5.84 Å². The van der Waals surface area contributed by atoms with Gasteiger partial charge in [-0.15, -0.1) is 0 Å². The second kappa shape index (κ2) is 6.17. The van der Waals surface area contributed by atoms with Crippen LogP contribution in [0.5, 0.6) is 0 Å². The Morgan fingerprint density at radius 1 is 1.38 bits per heavy atom. The van der Waals surface area contributed by atoms with Crippen LogP contribution in [-0.2, 0) is 0 Å². The van der Waals surface area contributed by atoms with Crippen LogP contribution in [0.1, 0.15) is 23.7 Å². The van der Waals surface area contributed by atoms with Gasteiger partial charge in [0.15, 0.2) is 0 Å². The van der Waals surface area contributed by atoms with Gasteiger partial charge in [-0.05, 0) is 25.1 Å². The first-order chi connectivity index (χ1) is 10.0. The Balaban J connectivity index is 2.20. The van der Waals surface area contributed by atoms with Gasteiger partial charge in [0, 0.05) is 37.5 Å². The highest BCUT2D eigenvalue weighted by Crippen LogP contribution is 2.14. The third-order valence-corrected chi connectivity index (χ3v) is 3.33. The topological polar surface area (TPSA) is 105 Å². The Hall–Kier alpha value is -2.70. The van der Waals surface area contributed by atoms with Crippen LogP contribution in [0.15, 0.2) is 35.7 Å². The molecule has 1 aromatic heterocycles. The van der Waals surface area contributed by atoms with E-state index in [1.165, 1.54) is 0 Å². The molecule has 0 aliphatic carbocycles. The van der Waals surface area contributed by atoms with Gasteiger partial charge in [0.05, 0.1) is 11.0 Å². The highest BCUT2D eigenvalue weighted by atomic mass is 16.4. The molecule has 0 radical (unpaired) electrons. The molecule has 7 heteroatoms. The second-order valence-corrected chi connectivity index (χ2v) is 4.82. The number of carbonyl (C=O) groups excluding carboxylic acids is 1. The first-order valence-corrected chi connectivity index (χ1v) is 6.47. The zero-order valence-electron chi connectivity index (χ0n) is 11.9. The quantitative estimate of drug-likeness (QED) is 0.381. The summed E-state index contributed by atoms with van der Waals surface area (Å²) in [6.07, 6.45) is 3.49. The van der Waals surface area contributed by atoms with E-state index < -0.39 is 0 Å². The van der Waals surface area contributed by atoms with E-state index in [9.17, 15) is 4.79 Å². The zero-order valence-corrected chi connectivity index (χ0v) is 11.9. The summed E-state index contributed by atoms with van der Waals surface area (Å²) in [6, 6.07) is 4.99. The molecular weight excluding hydrogens is 270 g/mol. The Morgan fingerprint density at radius 2 is 2.05 bits per heavy atom. The lowest BCUT2D eigenvalue weighted by atomic mass is 10.1. The summed E-state index contributed by atoms with van der Waals surface area (Å²) in [6.45, 7) is 1.83. The first kappa shape index (κ1) is 14.7. The summed E-state index contributed by atoms with van der Waals surface area (Å²) >= 11 is 0. The van der Waals surface area contributed by atoms with E-state index in [-0.39, 0.29) is 17.8 Å². The smallest absolute Gasteiger partial charge is 0.253 e. The summed E-state index contributed by atoms with van der Waals surface area (Å²) in [5.74, 6) is -0.0627. The number of benzene rings is 1.